The fraction of sp³-hybridized carbons (Fsp3) is 0.273. The SMILES string of the molecule is Cc1ccc(N2C(=O)C(Cl)=C(N3CCN(c4ccccc4)CC3)C2=O)c(C)c1. The first-order valence-corrected chi connectivity index (χ1v) is 9.76. The molecule has 0 atom stereocenters. The summed E-state index contributed by atoms with van der Waals surface area (Å²) in [7, 11) is 0. The van der Waals surface area contributed by atoms with Gasteiger partial charge in [-0.2, -0.15) is 0 Å². The fourth-order valence-corrected chi connectivity index (χ4v) is 4.15. The number of aryl methyl sites for hydroxylation is 2. The van der Waals surface area contributed by atoms with Crippen LogP contribution in [0.15, 0.2) is 59.3 Å². The zero-order valence-electron chi connectivity index (χ0n) is 16.0. The van der Waals surface area contributed by atoms with Crippen molar-refractivity contribution >= 4 is 34.8 Å². The van der Waals surface area contributed by atoms with Crippen LogP contribution in [0, 0.1) is 13.8 Å². The Morgan fingerprint density at radius 2 is 1.46 bits per heavy atom. The monoisotopic (exact) mass is 395 g/mol. The van der Waals surface area contributed by atoms with Crippen molar-refractivity contribution < 1.29 is 9.59 Å². The number of benzene rings is 2. The Balaban J connectivity index is 1.54. The lowest BCUT2D eigenvalue weighted by Gasteiger charge is -2.37. The average molecular weight is 396 g/mol. The number of piperazine rings is 1. The maximum Gasteiger partial charge on any atom is 0.283 e. The maximum atomic E-state index is 13.1. The molecule has 0 N–H and O–H groups in total. The number of para-hydroxylation sites is 1. The number of anilines is 2. The standard InChI is InChI=1S/C22H22ClN3O2/c1-15-8-9-18(16(2)14-15)26-21(27)19(23)20(22(26)28)25-12-10-24(11-13-25)17-6-4-3-5-7-17/h3-9,14H,10-13H2,1-2H3. The number of hydrogen-bond acceptors (Lipinski definition) is 4. The lowest BCUT2D eigenvalue weighted by Crippen LogP contribution is -2.47. The Morgan fingerprint density at radius 3 is 2.11 bits per heavy atom. The maximum absolute atomic E-state index is 13.1. The minimum absolute atomic E-state index is 0.0122. The molecule has 2 aromatic rings. The van der Waals surface area contributed by atoms with Crippen LogP contribution in [0.25, 0.3) is 0 Å². The fourth-order valence-electron chi connectivity index (χ4n) is 3.87. The van der Waals surface area contributed by atoms with Gasteiger partial charge in [0, 0.05) is 31.9 Å². The van der Waals surface area contributed by atoms with Gasteiger partial charge in [0.1, 0.15) is 10.7 Å². The third kappa shape index (κ3) is 3.16. The lowest BCUT2D eigenvalue weighted by molar-refractivity contribution is -0.121. The van der Waals surface area contributed by atoms with Crippen LogP contribution in [-0.2, 0) is 9.59 Å². The Bertz CT molecular complexity index is 963. The molecule has 2 amide bonds. The van der Waals surface area contributed by atoms with E-state index < -0.39 is 5.91 Å². The molecule has 144 valence electrons. The van der Waals surface area contributed by atoms with Crippen LogP contribution in [-0.4, -0.2) is 42.9 Å². The number of carbonyl (C=O) groups excluding carboxylic acids is 2. The Kier molecular flexibility index (Phi) is 4.85. The van der Waals surface area contributed by atoms with E-state index >= 15 is 0 Å². The van der Waals surface area contributed by atoms with Gasteiger partial charge < -0.3 is 9.80 Å². The first-order chi connectivity index (χ1) is 13.5. The minimum atomic E-state index is -0.445. The highest BCUT2D eigenvalue weighted by atomic mass is 35.5. The van der Waals surface area contributed by atoms with Crippen LogP contribution in [0.5, 0.6) is 0 Å². The second-order valence-electron chi connectivity index (χ2n) is 7.21. The first-order valence-electron chi connectivity index (χ1n) is 9.38. The normalized spacial score (nSPS) is 17.8. The largest absolute Gasteiger partial charge is 0.368 e. The molecule has 5 nitrogen and oxygen atoms in total. The Hall–Kier alpha value is -2.79. The number of hydrogen-bond donors (Lipinski definition) is 0. The van der Waals surface area contributed by atoms with E-state index in [0.29, 0.717) is 24.5 Å². The number of imide groups is 1. The van der Waals surface area contributed by atoms with Crippen LogP contribution in [0.4, 0.5) is 11.4 Å². The van der Waals surface area contributed by atoms with Gasteiger partial charge in [-0.05, 0) is 37.6 Å². The molecule has 1 saturated heterocycles. The molecule has 28 heavy (non-hydrogen) atoms. The zero-order valence-corrected chi connectivity index (χ0v) is 16.7. The molecule has 2 aromatic carbocycles. The van der Waals surface area contributed by atoms with Gasteiger partial charge in [0.05, 0.1) is 5.69 Å². The van der Waals surface area contributed by atoms with Crippen molar-refractivity contribution in [2.45, 2.75) is 13.8 Å². The summed E-state index contributed by atoms with van der Waals surface area (Å²) in [5.74, 6) is -0.783. The molecule has 0 aliphatic carbocycles. The molecule has 0 spiro atoms. The number of nitrogens with zero attached hydrogens (tertiary/aromatic N) is 3. The molecular weight excluding hydrogens is 374 g/mol. The van der Waals surface area contributed by atoms with Crippen LogP contribution in [0.2, 0.25) is 0 Å². The molecule has 0 aromatic heterocycles. The van der Waals surface area contributed by atoms with Crippen LogP contribution in [0.1, 0.15) is 11.1 Å². The molecule has 1 fully saturated rings. The van der Waals surface area contributed by atoms with Crippen molar-refractivity contribution in [3.63, 3.8) is 0 Å². The van der Waals surface area contributed by atoms with E-state index in [1.54, 1.807) is 6.07 Å². The highest BCUT2D eigenvalue weighted by Crippen LogP contribution is 2.33. The van der Waals surface area contributed by atoms with Crippen LogP contribution >= 0.6 is 11.6 Å². The summed E-state index contributed by atoms with van der Waals surface area (Å²) in [6, 6.07) is 15.8. The summed E-state index contributed by atoms with van der Waals surface area (Å²) >= 11 is 6.35. The summed E-state index contributed by atoms with van der Waals surface area (Å²) < 4.78 is 0. The molecule has 2 aliphatic heterocycles. The van der Waals surface area contributed by atoms with Crippen molar-refractivity contribution in [2.75, 3.05) is 36.0 Å². The average Bonchev–Trinajstić information content (AvgIpc) is 2.92. The Labute approximate surface area is 169 Å². The third-order valence-electron chi connectivity index (χ3n) is 5.31. The van der Waals surface area contributed by atoms with Gasteiger partial charge in [0.25, 0.3) is 11.8 Å². The zero-order chi connectivity index (χ0) is 19.8. The quantitative estimate of drug-likeness (QED) is 0.747. The number of halogens is 1. The van der Waals surface area contributed by atoms with E-state index in [2.05, 4.69) is 17.0 Å². The van der Waals surface area contributed by atoms with Gasteiger partial charge in [0.2, 0.25) is 0 Å². The third-order valence-corrected chi connectivity index (χ3v) is 5.66. The van der Waals surface area contributed by atoms with Gasteiger partial charge in [-0.15, -0.1) is 0 Å². The van der Waals surface area contributed by atoms with Crippen molar-refractivity contribution in [3.05, 3.63) is 70.4 Å². The summed E-state index contributed by atoms with van der Waals surface area (Å²) in [6.45, 7) is 6.69. The molecule has 0 saturated carbocycles. The number of carbonyl (C=O) groups is 2. The molecule has 2 heterocycles. The first kappa shape index (κ1) is 18.6. The van der Waals surface area contributed by atoms with E-state index in [1.807, 2.05) is 49.1 Å². The second-order valence-corrected chi connectivity index (χ2v) is 7.59. The predicted octanol–water partition coefficient (Wildman–Crippen LogP) is 3.45. The van der Waals surface area contributed by atoms with Crippen molar-refractivity contribution in [2.24, 2.45) is 0 Å². The van der Waals surface area contributed by atoms with Gasteiger partial charge in [-0.3, -0.25) is 9.59 Å². The van der Waals surface area contributed by atoms with Crippen molar-refractivity contribution in [3.8, 4) is 0 Å². The minimum Gasteiger partial charge on any atom is -0.368 e. The topological polar surface area (TPSA) is 43.9 Å². The van der Waals surface area contributed by atoms with E-state index in [9.17, 15) is 9.59 Å². The summed E-state index contributed by atoms with van der Waals surface area (Å²) in [4.78, 5) is 31.3. The lowest BCUT2D eigenvalue weighted by atomic mass is 10.1. The summed E-state index contributed by atoms with van der Waals surface area (Å²) in [5, 5.41) is 0.0122. The summed E-state index contributed by atoms with van der Waals surface area (Å²) in [6.07, 6.45) is 0. The van der Waals surface area contributed by atoms with E-state index in [0.717, 1.165) is 29.9 Å². The number of amides is 2. The van der Waals surface area contributed by atoms with Gasteiger partial charge in [-0.1, -0.05) is 47.5 Å². The van der Waals surface area contributed by atoms with Gasteiger partial charge in [0.15, 0.2) is 0 Å². The Morgan fingerprint density at radius 1 is 0.821 bits per heavy atom. The highest BCUT2D eigenvalue weighted by molar-refractivity contribution is 6.52. The molecule has 0 radical (unpaired) electrons. The smallest absolute Gasteiger partial charge is 0.283 e. The molecule has 2 aliphatic rings. The molecular formula is C22H22ClN3O2. The molecule has 4 rings (SSSR count). The van der Waals surface area contributed by atoms with Crippen LogP contribution < -0.4 is 9.80 Å². The molecule has 6 heteroatoms. The van der Waals surface area contributed by atoms with Crippen molar-refractivity contribution in [1.82, 2.24) is 4.90 Å². The predicted molar refractivity (Wildman–Crippen MR) is 112 cm³/mol. The molecule has 0 bridgehead atoms. The second kappa shape index (κ2) is 7.32. The van der Waals surface area contributed by atoms with Gasteiger partial charge in [-0.25, -0.2) is 4.90 Å². The van der Waals surface area contributed by atoms with Crippen LogP contribution in [0.3, 0.4) is 0 Å². The van der Waals surface area contributed by atoms with E-state index in [4.69, 9.17) is 11.6 Å². The van der Waals surface area contributed by atoms with Crippen molar-refractivity contribution in [1.29, 1.82) is 0 Å². The van der Waals surface area contributed by atoms with E-state index in [1.165, 1.54) is 4.90 Å². The number of rotatable bonds is 3. The van der Waals surface area contributed by atoms with Gasteiger partial charge >= 0.3 is 0 Å². The molecule has 0 unspecified atom stereocenters. The summed E-state index contributed by atoms with van der Waals surface area (Å²) in [5.41, 5.74) is 4.03. The van der Waals surface area contributed by atoms with E-state index in [-0.39, 0.29) is 10.9 Å². The highest BCUT2D eigenvalue weighted by Gasteiger charge is 2.42.